The van der Waals surface area contributed by atoms with Crippen LogP contribution in [0, 0.1) is 0 Å². The fourth-order valence-electron chi connectivity index (χ4n) is 2.44. The Labute approximate surface area is 141 Å². The first-order valence-electron chi connectivity index (χ1n) is 8.11. The van der Waals surface area contributed by atoms with Crippen molar-refractivity contribution >= 4 is 23.3 Å². The Balaban J connectivity index is 1.95. The van der Waals surface area contributed by atoms with Gasteiger partial charge in [-0.2, -0.15) is 0 Å². The normalized spacial score (nSPS) is 10.3. The maximum absolute atomic E-state index is 12.7. The lowest BCUT2D eigenvalue weighted by Crippen LogP contribution is -2.26. The molecule has 0 unspecified atom stereocenters. The summed E-state index contributed by atoms with van der Waals surface area (Å²) in [6.07, 6.45) is 7.22. The predicted molar refractivity (Wildman–Crippen MR) is 92.5 cm³/mol. The van der Waals surface area contributed by atoms with Crippen molar-refractivity contribution in [2.24, 2.45) is 5.73 Å². The zero-order valence-electron chi connectivity index (χ0n) is 13.6. The summed E-state index contributed by atoms with van der Waals surface area (Å²) >= 11 is 0. The summed E-state index contributed by atoms with van der Waals surface area (Å²) in [5, 5.41) is 0. The Hall–Kier alpha value is -2.76. The van der Waals surface area contributed by atoms with Gasteiger partial charge >= 0.3 is 0 Å². The fourth-order valence-corrected chi connectivity index (χ4v) is 2.44. The third-order valence-electron chi connectivity index (χ3n) is 3.62. The highest BCUT2D eigenvalue weighted by Gasteiger charge is 2.18. The molecular formula is C18H22N4O2. The van der Waals surface area contributed by atoms with E-state index in [-0.39, 0.29) is 11.8 Å². The number of rotatable bonds is 9. The predicted octanol–water partition coefficient (Wildman–Crippen LogP) is 2.97. The Morgan fingerprint density at radius 1 is 0.958 bits per heavy atom. The summed E-state index contributed by atoms with van der Waals surface area (Å²) < 4.78 is 0. The monoisotopic (exact) mass is 326 g/mol. The molecule has 126 valence electrons. The molecule has 0 bridgehead atoms. The van der Waals surface area contributed by atoms with Crippen LogP contribution in [0.2, 0.25) is 0 Å². The van der Waals surface area contributed by atoms with E-state index in [1.54, 1.807) is 17.2 Å². The molecule has 1 heterocycles. The minimum absolute atomic E-state index is 0.00481. The number of amides is 2. The van der Waals surface area contributed by atoms with Gasteiger partial charge in [0.1, 0.15) is 12.1 Å². The molecule has 6 heteroatoms. The molecule has 24 heavy (non-hydrogen) atoms. The molecule has 6 nitrogen and oxygen atoms in total. The summed E-state index contributed by atoms with van der Waals surface area (Å²) in [4.78, 5) is 33.1. The van der Waals surface area contributed by atoms with E-state index in [1.807, 2.05) is 30.3 Å². The second-order valence-corrected chi connectivity index (χ2v) is 5.51. The van der Waals surface area contributed by atoms with Gasteiger partial charge in [-0.25, -0.2) is 9.97 Å². The van der Waals surface area contributed by atoms with Crippen molar-refractivity contribution < 1.29 is 9.59 Å². The minimum Gasteiger partial charge on any atom is -0.370 e. The molecular weight excluding hydrogens is 304 g/mol. The van der Waals surface area contributed by atoms with Gasteiger partial charge in [0.2, 0.25) is 11.8 Å². The number of aromatic nitrogens is 2. The van der Waals surface area contributed by atoms with Crippen LogP contribution in [0.15, 0.2) is 48.9 Å². The van der Waals surface area contributed by atoms with Crippen LogP contribution in [-0.2, 0) is 9.59 Å². The first kappa shape index (κ1) is 17.6. The second kappa shape index (κ2) is 9.39. The van der Waals surface area contributed by atoms with Gasteiger partial charge in [0.15, 0.2) is 0 Å². The summed E-state index contributed by atoms with van der Waals surface area (Å²) in [7, 11) is 0. The summed E-state index contributed by atoms with van der Waals surface area (Å²) in [5.74, 6) is 0.287. The van der Waals surface area contributed by atoms with Crippen molar-refractivity contribution in [3.05, 3.63) is 48.9 Å². The first-order chi connectivity index (χ1) is 11.7. The highest BCUT2D eigenvalue weighted by molar-refractivity contribution is 5.99. The zero-order chi connectivity index (χ0) is 17.2. The molecule has 2 amide bonds. The van der Waals surface area contributed by atoms with Crippen molar-refractivity contribution in [2.45, 2.75) is 38.5 Å². The number of carbonyl (C=O) groups is 2. The van der Waals surface area contributed by atoms with Gasteiger partial charge in [-0.15, -0.1) is 0 Å². The summed E-state index contributed by atoms with van der Waals surface area (Å²) in [6.45, 7) is 0. The fraction of sp³-hybridized carbons (Fsp3) is 0.333. The van der Waals surface area contributed by atoms with Crippen LogP contribution < -0.4 is 10.6 Å². The first-order valence-corrected chi connectivity index (χ1v) is 8.11. The number of para-hydroxylation sites is 1. The molecule has 1 aromatic carbocycles. The molecule has 2 aromatic rings. The van der Waals surface area contributed by atoms with Crippen molar-refractivity contribution in [1.82, 2.24) is 9.97 Å². The largest absolute Gasteiger partial charge is 0.370 e. The molecule has 2 N–H and O–H groups in total. The van der Waals surface area contributed by atoms with Crippen molar-refractivity contribution in [3.63, 3.8) is 0 Å². The van der Waals surface area contributed by atoms with Gasteiger partial charge in [-0.05, 0) is 31.0 Å². The lowest BCUT2D eigenvalue weighted by Gasteiger charge is -2.21. The lowest BCUT2D eigenvalue weighted by atomic mass is 10.1. The number of nitrogens with two attached hydrogens (primary N) is 1. The quantitative estimate of drug-likeness (QED) is 0.717. The van der Waals surface area contributed by atoms with Crippen molar-refractivity contribution in [3.8, 4) is 0 Å². The maximum Gasteiger partial charge on any atom is 0.232 e. The maximum atomic E-state index is 12.7. The molecule has 0 aliphatic rings. The van der Waals surface area contributed by atoms with Crippen molar-refractivity contribution in [1.29, 1.82) is 0 Å². The van der Waals surface area contributed by atoms with Crippen LogP contribution in [-0.4, -0.2) is 21.8 Å². The van der Waals surface area contributed by atoms with Gasteiger partial charge in [0.05, 0.1) is 5.69 Å². The van der Waals surface area contributed by atoms with E-state index in [2.05, 4.69) is 9.97 Å². The molecule has 0 saturated carbocycles. The van der Waals surface area contributed by atoms with Crippen LogP contribution in [0.5, 0.6) is 0 Å². The van der Waals surface area contributed by atoms with Crippen LogP contribution >= 0.6 is 0 Å². The molecule has 0 atom stereocenters. The smallest absolute Gasteiger partial charge is 0.232 e. The third-order valence-corrected chi connectivity index (χ3v) is 3.62. The molecule has 0 aliphatic heterocycles. The molecule has 2 rings (SSSR count). The molecule has 0 fully saturated rings. The number of unbranched alkanes of at least 4 members (excludes halogenated alkanes) is 3. The zero-order valence-corrected chi connectivity index (χ0v) is 13.6. The van der Waals surface area contributed by atoms with E-state index in [9.17, 15) is 9.59 Å². The number of anilines is 2. The van der Waals surface area contributed by atoms with Crippen LogP contribution in [0.25, 0.3) is 0 Å². The SMILES string of the molecule is NC(=O)CCCCCCC(=O)N(c1ccccc1)c1ccncn1. The summed E-state index contributed by atoms with van der Waals surface area (Å²) in [6, 6.07) is 11.2. The molecule has 1 aromatic heterocycles. The van der Waals surface area contributed by atoms with Gasteiger partial charge < -0.3 is 5.73 Å². The molecule has 0 spiro atoms. The molecule has 0 aliphatic carbocycles. The highest BCUT2D eigenvalue weighted by atomic mass is 16.2. The van der Waals surface area contributed by atoms with Crippen LogP contribution in [0.1, 0.15) is 38.5 Å². The Morgan fingerprint density at radius 3 is 2.29 bits per heavy atom. The number of hydrogen-bond acceptors (Lipinski definition) is 4. The van der Waals surface area contributed by atoms with Crippen LogP contribution in [0.4, 0.5) is 11.5 Å². The van der Waals surface area contributed by atoms with Gasteiger partial charge in [0, 0.05) is 19.0 Å². The number of nitrogens with zero attached hydrogens (tertiary/aromatic N) is 3. The number of primary amides is 1. The number of carbonyl (C=O) groups excluding carboxylic acids is 2. The topological polar surface area (TPSA) is 89.2 Å². The van der Waals surface area contributed by atoms with Gasteiger partial charge in [-0.1, -0.05) is 31.0 Å². The average Bonchev–Trinajstić information content (AvgIpc) is 2.60. The second-order valence-electron chi connectivity index (χ2n) is 5.51. The Morgan fingerprint density at radius 2 is 1.67 bits per heavy atom. The van der Waals surface area contributed by atoms with Gasteiger partial charge in [0.25, 0.3) is 0 Å². The van der Waals surface area contributed by atoms with Gasteiger partial charge in [-0.3, -0.25) is 14.5 Å². The third kappa shape index (κ3) is 5.46. The van der Waals surface area contributed by atoms with E-state index in [0.29, 0.717) is 18.7 Å². The average molecular weight is 326 g/mol. The van der Waals surface area contributed by atoms with E-state index in [4.69, 9.17) is 5.73 Å². The van der Waals surface area contributed by atoms with E-state index in [0.717, 1.165) is 31.4 Å². The standard InChI is InChI=1S/C18H22N4O2/c19-16(23)10-6-1-2-7-11-18(24)22(15-8-4-3-5-9-15)17-12-13-20-14-21-17/h3-5,8-9,12-14H,1-2,6-7,10-11H2,(H2,19,23). The van der Waals surface area contributed by atoms with Crippen LogP contribution in [0.3, 0.4) is 0 Å². The molecule has 0 radical (unpaired) electrons. The van der Waals surface area contributed by atoms with E-state index < -0.39 is 0 Å². The van der Waals surface area contributed by atoms with E-state index >= 15 is 0 Å². The Kier molecular flexibility index (Phi) is 6.89. The number of benzene rings is 1. The number of hydrogen-bond donors (Lipinski definition) is 1. The summed E-state index contributed by atoms with van der Waals surface area (Å²) in [5.41, 5.74) is 5.90. The van der Waals surface area contributed by atoms with Crippen molar-refractivity contribution in [2.75, 3.05) is 4.90 Å². The molecule has 0 saturated heterocycles. The Bertz CT molecular complexity index is 607. The highest BCUT2D eigenvalue weighted by Crippen LogP contribution is 2.24. The lowest BCUT2D eigenvalue weighted by molar-refractivity contribution is -0.119. The van der Waals surface area contributed by atoms with E-state index in [1.165, 1.54) is 6.33 Å². The minimum atomic E-state index is -0.273.